The van der Waals surface area contributed by atoms with Crippen molar-refractivity contribution in [3.8, 4) is 0 Å². The molecule has 1 aliphatic rings. The van der Waals surface area contributed by atoms with Crippen LogP contribution in [-0.2, 0) is 16.2 Å². The van der Waals surface area contributed by atoms with Crippen LogP contribution in [0.15, 0.2) is 18.2 Å². The van der Waals surface area contributed by atoms with Gasteiger partial charge in [0.2, 0.25) is 0 Å². The van der Waals surface area contributed by atoms with Gasteiger partial charge in [0.05, 0.1) is 17.7 Å². The molecule has 1 aromatic carbocycles. The van der Waals surface area contributed by atoms with Crippen LogP contribution in [0.5, 0.6) is 0 Å². The monoisotopic (exact) mass is 351 g/mol. The van der Waals surface area contributed by atoms with Gasteiger partial charge in [0.15, 0.2) is 0 Å². The molecule has 0 saturated carbocycles. The first-order valence-electron chi connectivity index (χ1n) is 6.45. The number of ether oxygens (including phenoxy) is 1. The minimum Gasteiger partial charge on any atom is -0.376 e. The van der Waals surface area contributed by atoms with Gasteiger partial charge in [0.25, 0.3) is 0 Å². The van der Waals surface area contributed by atoms with Gasteiger partial charge in [-0.05, 0) is 31.0 Å². The maximum absolute atomic E-state index is 13.1. The molecule has 6 heteroatoms. The molecule has 1 fully saturated rings. The summed E-state index contributed by atoms with van der Waals surface area (Å²) in [5.74, 6) is 0. The summed E-state index contributed by atoms with van der Waals surface area (Å²) in [5.41, 5.74) is 0.250. The quantitative estimate of drug-likeness (QED) is 0.756. The molecule has 0 aromatic heterocycles. The lowest BCUT2D eigenvalue weighted by molar-refractivity contribution is -0.138. The summed E-state index contributed by atoms with van der Waals surface area (Å²) in [6.45, 7) is 2.60. The third kappa shape index (κ3) is 3.11. The zero-order valence-electron chi connectivity index (χ0n) is 11.4. The van der Waals surface area contributed by atoms with Crippen LogP contribution < -0.4 is 4.90 Å². The predicted molar refractivity (Wildman–Crippen MR) is 76.3 cm³/mol. The van der Waals surface area contributed by atoms with Gasteiger partial charge in [-0.1, -0.05) is 22.0 Å². The van der Waals surface area contributed by atoms with Crippen molar-refractivity contribution < 1.29 is 17.9 Å². The summed E-state index contributed by atoms with van der Waals surface area (Å²) in [7, 11) is 1.82. The van der Waals surface area contributed by atoms with E-state index in [0.29, 0.717) is 12.3 Å². The van der Waals surface area contributed by atoms with E-state index in [1.165, 1.54) is 12.1 Å². The van der Waals surface area contributed by atoms with Crippen LogP contribution in [0.4, 0.5) is 18.9 Å². The van der Waals surface area contributed by atoms with Gasteiger partial charge in [-0.3, -0.25) is 0 Å². The van der Waals surface area contributed by atoms with Gasteiger partial charge < -0.3 is 9.64 Å². The molecule has 2 atom stereocenters. The van der Waals surface area contributed by atoms with Crippen LogP contribution in [0.25, 0.3) is 0 Å². The maximum Gasteiger partial charge on any atom is 0.416 e. The summed E-state index contributed by atoms with van der Waals surface area (Å²) in [5, 5.41) is 0.189. The summed E-state index contributed by atoms with van der Waals surface area (Å²) in [6, 6.07) is 4.61. The molecule has 2 nitrogen and oxygen atoms in total. The average molecular weight is 352 g/mol. The molecule has 1 heterocycles. The fourth-order valence-electron chi connectivity index (χ4n) is 2.58. The molecule has 0 amide bonds. The average Bonchev–Trinajstić information content (AvgIpc) is 2.82. The molecule has 2 unspecified atom stereocenters. The second-order valence-electron chi connectivity index (χ2n) is 5.02. The van der Waals surface area contributed by atoms with Crippen LogP contribution in [0.3, 0.4) is 0 Å². The number of rotatable bonds is 3. The maximum atomic E-state index is 13.1. The Hall–Kier alpha value is -0.750. The van der Waals surface area contributed by atoms with Crippen LogP contribution in [-0.4, -0.2) is 25.8 Å². The molecule has 1 saturated heterocycles. The molecular formula is C14H17BrF3NO. The van der Waals surface area contributed by atoms with Gasteiger partial charge in [-0.2, -0.15) is 13.2 Å². The minimum absolute atomic E-state index is 0.0326. The van der Waals surface area contributed by atoms with E-state index in [1.54, 1.807) is 6.07 Å². The fraction of sp³-hybridized carbons (Fsp3) is 0.571. The Morgan fingerprint density at radius 1 is 1.40 bits per heavy atom. The fourth-order valence-corrected chi connectivity index (χ4v) is 3.07. The van der Waals surface area contributed by atoms with E-state index in [2.05, 4.69) is 15.9 Å². The number of hydrogen-bond acceptors (Lipinski definition) is 2. The van der Waals surface area contributed by atoms with Gasteiger partial charge in [-0.25, -0.2) is 0 Å². The van der Waals surface area contributed by atoms with Crippen molar-refractivity contribution in [3.05, 3.63) is 29.3 Å². The highest BCUT2D eigenvalue weighted by molar-refractivity contribution is 9.08. The Kier molecular flexibility index (Phi) is 4.64. The van der Waals surface area contributed by atoms with Gasteiger partial charge in [0, 0.05) is 24.7 Å². The van der Waals surface area contributed by atoms with Crippen molar-refractivity contribution in [1.29, 1.82) is 0 Å². The Bertz CT molecular complexity index is 478. The second kappa shape index (κ2) is 5.93. The molecule has 112 valence electrons. The Morgan fingerprint density at radius 3 is 2.60 bits per heavy atom. The van der Waals surface area contributed by atoms with Gasteiger partial charge in [0.1, 0.15) is 0 Å². The molecule has 0 N–H and O–H groups in total. The molecule has 0 radical (unpaired) electrons. The molecule has 0 bridgehead atoms. The third-order valence-corrected chi connectivity index (χ3v) is 4.39. The minimum atomic E-state index is -4.34. The van der Waals surface area contributed by atoms with Crippen molar-refractivity contribution >= 4 is 21.6 Å². The molecule has 1 aliphatic heterocycles. The predicted octanol–water partition coefficient (Wildman–Crippen LogP) is 4.21. The number of hydrogen-bond donors (Lipinski definition) is 0. The highest BCUT2D eigenvalue weighted by Crippen LogP contribution is 2.36. The number of benzene rings is 1. The smallest absolute Gasteiger partial charge is 0.376 e. The summed E-state index contributed by atoms with van der Waals surface area (Å²) in [4.78, 5) is 1.88. The Morgan fingerprint density at radius 2 is 2.10 bits per heavy atom. The lowest BCUT2D eigenvalue weighted by Crippen LogP contribution is -2.36. The number of likely N-dealkylation sites (N-methyl/N-ethyl adjacent to an activating group) is 1. The first kappa shape index (κ1) is 15.6. The summed E-state index contributed by atoms with van der Waals surface area (Å²) in [6.07, 6.45) is -3.47. The van der Waals surface area contributed by atoms with Gasteiger partial charge >= 0.3 is 6.18 Å². The molecule has 0 spiro atoms. The first-order chi connectivity index (χ1) is 9.34. The topological polar surface area (TPSA) is 12.5 Å². The molecule has 20 heavy (non-hydrogen) atoms. The van der Waals surface area contributed by atoms with Crippen LogP contribution in [0.2, 0.25) is 0 Å². The second-order valence-corrected chi connectivity index (χ2v) is 5.58. The zero-order valence-corrected chi connectivity index (χ0v) is 13.0. The van der Waals surface area contributed by atoms with Crippen LogP contribution in [0, 0.1) is 0 Å². The normalized spacial score (nSPS) is 23.1. The molecule has 2 rings (SSSR count). The zero-order chi connectivity index (χ0) is 14.9. The SMILES string of the molecule is CC1OCCC1N(C)c1ccc(CBr)c(C(F)(F)F)c1. The lowest BCUT2D eigenvalue weighted by Gasteiger charge is -2.29. The standard InChI is InChI=1S/C14H17BrF3NO/c1-9-13(5-6-20-9)19(2)11-4-3-10(8-15)12(7-11)14(16,17)18/h3-4,7,9,13H,5-6,8H2,1-2H3. The van der Waals surface area contributed by atoms with E-state index >= 15 is 0 Å². The van der Waals surface area contributed by atoms with E-state index in [-0.39, 0.29) is 23.0 Å². The Balaban J connectivity index is 2.33. The van der Waals surface area contributed by atoms with Crippen molar-refractivity contribution in [3.63, 3.8) is 0 Å². The third-order valence-electron chi connectivity index (χ3n) is 3.78. The van der Waals surface area contributed by atoms with E-state index < -0.39 is 11.7 Å². The summed E-state index contributed by atoms with van der Waals surface area (Å²) >= 11 is 3.10. The van der Waals surface area contributed by atoms with E-state index in [0.717, 1.165) is 6.42 Å². The van der Waals surface area contributed by atoms with Crippen molar-refractivity contribution in [2.75, 3.05) is 18.6 Å². The molecule has 0 aliphatic carbocycles. The van der Waals surface area contributed by atoms with Crippen LogP contribution >= 0.6 is 15.9 Å². The Labute approximate surface area is 125 Å². The highest BCUT2D eigenvalue weighted by Gasteiger charge is 2.34. The van der Waals surface area contributed by atoms with Crippen molar-refractivity contribution in [2.45, 2.75) is 37.0 Å². The van der Waals surface area contributed by atoms with Crippen LogP contribution in [0.1, 0.15) is 24.5 Å². The largest absolute Gasteiger partial charge is 0.416 e. The number of alkyl halides is 4. The molecular weight excluding hydrogens is 335 g/mol. The van der Waals surface area contributed by atoms with E-state index in [9.17, 15) is 13.2 Å². The number of anilines is 1. The summed E-state index contributed by atoms with van der Waals surface area (Å²) < 4.78 is 44.7. The molecule has 1 aromatic rings. The first-order valence-corrected chi connectivity index (χ1v) is 7.57. The number of halogens is 4. The highest BCUT2D eigenvalue weighted by atomic mass is 79.9. The number of nitrogens with zero attached hydrogens (tertiary/aromatic N) is 1. The lowest BCUT2D eigenvalue weighted by atomic mass is 10.0. The van der Waals surface area contributed by atoms with E-state index in [4.69, 9.17) is 4.74 Å². The van der Waals surface area contributed by atoms with Crippen molar-refractivity contribution in [2.24, 2.45) is 0 Å². The van der Waals surface area contributed by atoms with Crippen molar-refractivity contribution in [1.82, 2.24) is 0 Å². The van der Waals surface area contributed by atoms with Gasteiger partial charge in [-0.15, -0.1) is 0 Å². The van der Waals surface area contributed by atoms with E-state index in [1.807, 2.05) is 18.9 Å².